The molecule has 0 fully saturated rings. The second-order valence-electron chi connectivity index (χ2n) is 4.61. The third-order valence-electron chi connectivity index (χ3n) is 2.95. The number of likely N-dealkylation sites (N-methyl/N-ethyl adjacent to an activating group) is 1. The Labute approximate surface area is 118 Å². The highest BCUT2D eigenvalue weighted by Crippen LogP contribution is 2.31. The van der Waals surface area contributed by atoms with Gasteiger partial charge in [-0.15, -0.1) is 0 Å². The second kappa shape index (κ2) is 5.79. The number of rotatable bonds is 4. The van der Waals surface area contributed by atoms with Crippen LogP contribution in [0.5, 0.6) is 11.5 Å². The van der Waals surface area contributed by atoms with E-state index in [1.807, 2.05) is 0 Å². The lowest BCUT2D eigenvalue weighted by molar-refractivity contribution is -0.180. The second-order valence-corrected chi connectivity index (χ2v) is 4.61. The molecule has 0 aliphatic carbocycles. The molecule has 0 bridgehead atoms. The van der Waals surface area contributed by atoms with Gasteiger partial charge in [-0.25, -0.2) is 8.78 Å². The van der Waals surface area contributed by atoms with Crippen LogP contribution in [0.15, 0.2) is 24.3 Å². The van der Waals surface area contributed by atoms with Gasteiger partial charge < -0.3 is 14.4 Å². The van der Waals surface area contributed by atoms with Gasteiger partial charge in [-0.05, 0) is 12.1 Å². The van der Waals surface area contributed by atoms with Gasteiger partial charge in [-0.3, -0.25) is 4.79 Å². The summed E-state index contributed by atoms with van der Waals surface area (Å²) in [6, 6.07) is 6.73. The first-order valence-corrected chi connectivity index (χ1v) is 6.12. The largest absolute Gasteiger partial charge is 0.486 e. The minimum absolute atomic E-state index is 0.0366. The minimum atomic E-state index is -4.71. The van der Waals surface area contributed by atoms with Crippen molar-refractivity contribution in [1.29, 1.82) is 0 Å². The fourth-order valence-electron chi connectivity index (χ4n) is 1.89. The first kappa shape index (κ1) is 15.4. The monoisotopic (exact) mass is 307 g/mol. The maximum atomic E-state index is 13.0. The zero-order chi connectivity index (χ0) is 15.6. The highest BCUT2D eigenvalue weighted by Gasteiger charge is 2.50. The van der Waals surface area contributed by atoms with E-state index in [2.05, 4.69) is 0 Å². The van der Waals surface area contributed by atoms with Crippen LogP contribution in [0.1, 0.15) is 0 Å². The van der Waals surface area contributed by atoms with Crippen molar-refractivity contribution in [3.8, 4) is 11.5 Å². The van der Waals surface area contributed by atoms with Gasteiger partial charge in [-0.1, -0.05) is 12.1 Å². The minimum Gasteiger partial charge on any atom is -0.486 e. The average molecular weight is 307 g/mol. The lowest BCUT2D eigenvalue weighted by Gasteiger charge is -2.30. The summed E-state index contributed by atoms with van der Waals surface area (Å²) in [7, 11) is 1.02. The number of carbonyl (C=O) groups excluding carboxylic acids is 1. The molecule has 0 N–H and O–H groups in total. The van der Waals surface area contributed by atoms with E-state index < -0.39 is 24.4 Å². The van der Waals surface area contributed by atoms with Crippen molar-refractivity contribution in [1.82, 2.24) is 4.90 Å². The summed E-state index contributed by atoms with van der Waals surface area (Å²) < 4.78 is 61.1. The van der Waals surface area contributed by atoms with E-state index in [-0.39, 0.29) is 13.2 Å². The van der Waals surface area contributed by atoms with Crippen LogP contribution in [-0.2, 0) is 4.79 Å². The van der Waals surface area contributed by atoms with Crippen LogP contribution in [-0.4, -0.2) is 49.5 Å². The van der Waals surface area contributed by atoms with Gasteiger partial charge in [0.05, 0.1) is 6.54 Å². The molecule has 0 saturated heterocycles. The number of carbonyl (C=O) groups is 1. The molecule has 2 rings (SSSR count). The number of amides is 1. The Balaban J connectivity index is 1.99. The smallest absolute Gasteiger partial charge is 0.383 e. The van der Waals surface area contributed by atoms with E-state index in [1.165, 1.54) is 0 Å². The summed E-state index contributed by atoms with van der Waals surface area (Å²) in [6.45, 7) is -0.246. The zero-order valence-corrected chi connectivity index (χ0v) is 11.1. The number of hydrogen-bond acceptors (Lipinski definition) is 3. The van der Waals surface area contributed by atoms with Crippen molar-refractivity contribution in [3.63, 3.8) is 0 Å². The van der Waals surface area contributed by atoms with Crippen molar-refractivity contribution < 1.29 is 31.8 Å². The Bertz CT molecular complexity index is 524. The molecule has 0 spiro atoms. The number of para-hydroxylation sites is 2. The van der Waals surface area contributed by atoms with Gasteiger partial charge in [0.2, 0.25) is 0 Å². The number of hydrogen-bond donors (Lipinski definition) is 0. The highest BCUT2D eigenvalue weighted by atomic mass is 19.3. The molecular formula is C13H13F4NO3. The average Bonchev–Trinajstić information content (AvgIpc) is 2.46. The third-order valence-corrected chi connectivity index (χ3v) is 2.95. The van der Waals surface area contributed by atoms with Gasteiger partial charge in [0.1, 0.15) is 6.61 Å². The van der Waals surface area contributed by atoms with Crippen LogP contribution in [0.2, 0.25) is 0 Å². The van der Waals surface area contributed by atoms with E-state index in [0.29, 0.717) is 16.4 Å². The van der Waals surface area contributed by atoms with E-state index in [1.54, 1.807) is 24.3 Å². The number of fused-ring (bicyclic) bond motifs is 1. The predicted molar refractivity (Wildman–Crippen MR) is 64.9 cm³/mol. The van der Waals surface area contributed by atoms with Crippen molar-refractivity contribution >= 4 is 5.91 Å². The Morgan fingerprint density at radius 3 is 2.62 bits per heavy atom. The Kier molecular flexibility index (Phi) is 4.24. The first-order valence-electron chi connectivity index (χ1n) is 6.12. The fraction of sp³-hybridized carbons (Fsp3) is 0.462. The summed E-state index contributed by atoms with van der Waals surface area (Å²) in [5, 5.41) is 0. The molecule has 4 nitrogen and oxygen atoms in total. The van der Waals surface area contributed by atoms with Gasteiger partial charge in [-0.2, -0.15) is 8.78 Å². The summed E-state index contributed by atoms with van der Waals surface area (Å²) >= 11 is 0. The van der Waals surface area contributed by atoms with Crippen molar-refractivity contribution in [2.24, 2.45) is 0 Å². The lowest BCUT2D eigenvalue weighted by atomic mass is 10.2. The third kappa shape index (κ3) is 3.20. The van der Waals surface area contributed by atoms with E-state index in [9.17, 15) is 22.4 Å². The van der Waals surface area contributed by atoms with Gasteiger partial charge in [0, 0.05) is 7.05 Å². The van der Waals surface area contributed by atoms with Crippen LogP contribution in [0.4, 0.5) is 17.6 Å². The van der Waals surface area contributed by atoms with Crippen molar-refractivity contribution in [2.45, 2.75) is 18.5 Å². The molecule has 1 aliphatic rings. The normalized spacial score (nSPS) is 17.7. The molecule has 0 radical (unpaired) electrons. The van der Waals surface area contributed by atoms with Crippen molar-refractivity contribution in [3.05, 3.63) is 24.3 Å². The molecule has 116 valence electrons. The number of ether oxygens (including phenoxy) is 2. The molecule has 1 heterocycles. The topological polar surface area (TPSA) is 38.8 Å². The van der Waals surface area contributed by atoms with Crippen LogP contribution >= 0.6 is 0 Å². The Hall–Kier alpha value is -1.99. The molecule has 1 unspecified atom stereocenters. The Morgan fingerprint density at radius 1 is 1.38 bits per heavy atom. The maximum Gasteiger partial charge on any atom is 0.383 e. The fourth-order valence-corrected chi connectivity index (χ4v) is 1.89. The van der Waals surface area contributed by atoms with E-state index in [4.69, 9.17) is 9.47 Å². The SMILES string of the molecule is CN(CC1COc2ccccc2O1)C(=O)C(F)(F)C(F)F. The van der Waals surface area contributed by atoms with E-state index >= 15 is 0 Å². The highest BCUT2D eigenvalue weighted by molar-refractivity contribution is 5.83. The molecule has 1 aromatic rings. The quantitative estimate of drug-likeness (QED) is 0.800. The molecular weight excluding hydrogens is 294 g/mol. The molecule has 1 aliphatic heterocycles. The van der Waals surface area contributed by atoms with Crippen LogP contribution in [0.3, 0.4) is 0 Å². The molecule has 8 heteroatoms. The summed E-state index contributed by atoms with van der Waals surface area (Å²) in [6.07, 6.45) is -4.75. The van der Waals surface area contributed by atoms with Crippen molar-refractivity contribution in [2.75, 3.05) is 20.2 Å². The number of halogens is 4. The van der Waals surface area contributed by atoms with Crippen LogP contribution in [0, 0.1) is 0 Å². The molecule has 0 aromatic heterocycles. The summed E-state index contributed by atoms with van der Waals surface area (Å²) in [5.74, 6) is -5.74. The van der Waals surface area contributed by atoms with Gasteiger partial charge in [0.25, 0.3) is 5.91 Å². The zero-order valence-electron chi connectivity index (χ0n) is 11.1. The van der Waals surface area contributed by atoms with Crippen LogP contribution < -0.4 is 9.47 Å². The molecule has 21 heavy (non-hydrogen) atoms. The summed E-state index contributed by atoms with van der Waals surface area (Å²) in [4.78, 5) is 11.8. The Morgan fingerprint density at radius 2 is 2.00 bits per heavy atom. The predicted octanol–water partition coefficient (Wildman–Crippen LogP) is 2.19. The molecule has 1 amide bonds. The maximum absolute atomic E-state index is 13.0. The van der Waals surface area contributed by atoms with Crippen LogP contribution in [0.25, 0.3) is 0 Å². The number of alkyl halides is 4. The molecule has 0 saturated carbocycles. The van der Waals surface area contributed by atoms with Gasteiger partial charge in [0.15, 0.2) is 17.6 Å². The number of nitrogens with zero attached hydrogens (tertiary/aromatic N) is 1. The molecule has 1 atom stereocenters. The first-order chi connectivity index (χ1) is 9.82. The van der Waals surface area contributed by atoms with E-state index in [0.717, 1.165) is 7.05 Å². The standard InChI is InChI=1S/C13H13F4NO3/c1-18(12(19)13(16,17)11(14)15)6-8-7-20-9-4-2-3-5-10(9)21-8/h2-5,8,11H,6-7H2,1H3. The van der Waals surface area contributed by atoms with Gasteiger partial charge >= 0.3 is 12.3 Å². The lowest BCUT2D eigenvalue weighted by Crippen LogP contribution is -2.50. The number of benzene rings is 1. The molecule has 1 aromatic carbocycles. The summed E-state index contributed by atoms with van der Waals surface area (Å²) in [5.41, 5.74) is 0.